The van der Waals surface area contributed by atoms with E-state index in [2.05, 4.69) is 31.2 Å². The summed E-state index contributed by atoms with van der Waals surface area (Å²) in [6.45, 7) is 2.15. The van der Waals surface area contributed by atoms with Gasteiger partial charge in [-0.1, -0.05) is 67.6 Å². The summed E-state index contributed by atoms with van der Waals surface area (Å²) in [4.78, 5) is 11.2. The number of carboxylic acid groups (broad SMARTS) is 1. The Hall–Kier alpha value is -3.07. The summed E-state index contributed by atoms with van der Waals surface area (Å²) in [5.74, 6) is -1.12. The van der Waals surface area contributed by atoms with Gasteiger partial charge in [0, 0.05) is 5.92 Å². The fourth-order valence-corrected chi connectivity index (χ4v) is 2.81. The number of hydrogen-bond acceptors (Lipinski definition) is 2. The lowest BCUT2D eigenvalue weighted by molar-refractivity contribution is 0.0694. The molecule has 0 bridgehead atoms. The third-order valence-corrected chi connectivity index (χ3v) is 4.25. The molecule has 3 heteroatoms. The normalized spacial score (nSPS) is 11.9. The molecule has 0 fully saturated rings. The number of hydrogen-bond donors (Lipinski definition) is 2. The first kappa shape index (κ1) is 15.8. The van der Waals surface area contributed by atoms with Crippen LogP contribution in [-0.2, 0) is 0 Å². The van der Waals surface area contributed by atoms with Crippen molar-refractivity contribution in [3.8, 4) is 16.9 Å². The van der Waals surface area contributed by atoms with Crippen LogP contribution in [0.5, 0.6) is 5.75 Å². The highest BCUT2D eigenvalue weighted by molar-refractivity contribution is 5.92. The van der Waals surface area contributed by atoms with Crippen LogP contribution in [0.4, 0.5) is 0 Å². The molecule has 0 aliphatic carbocycles. The topological polar surface area (TPSA) is 57.5 Å². The van der Waals surface area contributed by atoms with Crippen molar-refractivity contribution >= 4 is 5.97 Å². The molecule has 3 aromatic rings. The maximum Gasteiger partial charge on any atom is 0.339 e. The second-order valence-electron chi connectivity index (χ2n) is 5.79. The van der Waals surface area contributed by atoms with Gasteiger partial charge in [0.15, 0.2) is 0 Å². The highest BCUT2D eigenvalue weighted by atomic mass is 16.4. The lowest BCUT2D eigenvalue weighted by atomic mass is 9.90. The molecule has 1 unspecified atom stereocenters. The third-order valence-electron chi connectivity index (χ3n) is 4.25. The van der Waals surface area contributed by atoms with Crippen LogP contribution < -0.4 is 0 Å². The number of phenols is 1. The molecule has 2 N–H and O–H groups in total. The Morgan fingerprint density at radius 3 is 2.21 bits per heavy atom. The van der Waals surface area contributed by atoms with Gasteiger partial charge in [-0.3, -0.25) is 0 Å². The number of aromatic hydroxyl groups is 1. The summed E-state index contributed by atoms with van der Waals surface area (Å²) >= 11 is 0. The third kappa shape index (κ3) is 3.15. The van der Waals surface area contributed by atoms with Gasteiger partial charge in [-0.15, -0.1) is 0 Å². The van der Waals surface area contributed by atoms with E-state index < -0.39 is 5.97 Å². The molecule has 0 heterocycles. The van der Waals surface area contributed by atoms with E-state index in [0.29, 0.717) is 0 Å². The Morgan fingerprint density at radius 1 is 0.833 bits per heavy atom. The number of carboxylic acids is 1. The SMILES string of the molecule is CC(c1ccccc1)c1cccc(-c2ccc(O)c(C(=O)O)c2)c1. The predicted octanol–water partition coefficient (Wildman–Crippen LogP) is 4.91. The van der Waals surface area contributed by atoms with E-state index in [9.17, 15) is 9.90 Å². The molecule has 0 aliphatic heterocycles. The molecule has 120 valence electrons. The molecular formula is C21H18O3. The van der Waals surface area contributed by atoms with Gasteiger partial charge < -0.3 is 10.2 Å². The zero-order valence-electron chi connectivity index (χ0n) is 13.3. The van der Waals surface area contributed by atoms with Crippen LogP contribution in [0.15, 0.2) is 72.8 Å². The van der Waals surface area contributed by atoms with Crippen LogP contribution in [0.2, 0.25) is 0 Å². The van der Waals surface area contributed by atoms with Crippen molar-refractivity contribution in [1.82, 2.24) is 0 Å². The van der Waals surface area contributed by atoms with E-state index in [1.807, 2.05) is 30.3 Å². The number of carbonyl (C=O) groups is 1. The van der Waals surface area contributed by atoms with Crippen LogP contribution in [0.1, 0.15) is 34.3 Å². The number of aromatic carboxylic acids is 1. The first-order chi connectivity index (χ1) is 11.6. The van der Waals surface area contributed by atoms with Crippen molar-refractivity contribution in [3.63, 3.8) is 0 Å². The molecule has 1 atom stereocenters. The minimum Gasteiger partial charge on any atom is -0.507 e. The van der Waals surface area contributed by atoms with E-state index in [-0.39, 0.29) is 17.2 Å². The number of benzene rings is 3. The molecule has 0 saturated carbocycles. The van der Waals surface area contributed by atoms with Crippen molar-refractivity contribution in [1.29, 1.82) is 0 Å². The summed E-state index contributed by atoms with van der Waals surface area (Å²) in [5, 5.41) is 18.8. The maximum absolute atomic E-state index is 11.2. The lowest BCUT2D eigenvalue weighted by Gasteiger charge is -2.14. The van der Waals surface area contributed by atoms with Crippen molar-refractivity contribution in [3.05, 3.63) is 89.5 Å². The van der Waals surface area contributed by atoms with Crippen LogP contribution in [0, 0.1) is 0 Å². The average Bonchev–Trinajstić information content (AvgIpc) is 2.62. The molecule has 0 spiro atoms. The summed E-state index contributed by atoms with van der Waals surface area (Å²) in [6.07, 6.45) is 0. The molecule has 3 nitrogen and oxygen atoms in total. The first-order valence-corrected chi connectivity index (χ1v) is 7.78. The van der Waals surface area contributed by atoms with Gasteiger partial charge in [0.1, 0.15) is 11.3 Å². The van der Waals surface area contributed by atoms with Gasteiger partial charge in [-0.2, -0.15) is 0 Å². The molecule has 0 saturated heterocycles. The first-order valence-electron chi connectivity index (χ1n) is 7.78. The Morgan fingerprint density at radius 2 is 1.50 bits per heavy atom. The average molecular weight is 318 g/mol. The molecular weight excluding hydrogens is 300 g/mol. The zero-order valence-corrected chi connectivity index (χ0v) is 13.3. The van der Waals surface area contributed by atoms with E-state index in [1.165, 1.54) is 17.7 Å². The van der Waals surface area contributed by atoms with Gasteiger partial charge in [-0.05, 0) is 34.4 Å². The largest absolute Gasteiger partial charge is 0.507 e. The van der Waals surface area contributed by atoms with Gasteiger partial charge in [0.2, 0.25) is 0 Å². The van der Waals surface area contributed by atoms with E-state index in [4.69, 9.17) is 5.11 Å². The van der Waals surface area contributed by atoms with E-state index >= 15 is 0 Å². The van der Waals surface area contributed by atoms with Gasteiger partial charge in [-0.25, -0.2) is 4.79 Å². The second-order valence-corrected chi connectivity index (χ2v) is 5.79. The van der Waals surface area contributed by atoms with Crippen LogP contribution in [0.3, 0.4) is 0 Å². The van der Waals surface area contributed by atoms with Crippen LogP contribution >= 0.6 is 0 Å². The quantitative estimate of drug-likeness (QED) is 0.718. The van der Waals surface area contributed by atoms with Crippen molar-refractivity contribution in [2.24, 2.45) is 0 Å². The minimum absolute atomic E-state index is 0.0889. The van der Waals surface area contributed by atoms with Crippen molar-refractivity contribution in [2.75, 3.05) is 0 Å². The van der Waals surface area contributed by atoms with Crippen molar-refractivity contribution < 1.29 is 15.0 Å². The Kier molecular flexibility index (Phi) is 4.34. The minimum atomic E-state index is -1.14. The smallest absolute Gasteiger partial charge is 0.339 e. The molecule has 3 aromatic carbocycles. The lowest BCUT2D eigenvalue weighted by Crippen LogP contribution is -1.98. The van der Waals surface area contributed by atoms with Gasteiger partial charge >= 0.3 is 5.97 Å². The highest BCUT2D eigenvalue weighted by Crippen LogP contribution is 2.30. The standard InChI is InChI=1S/C21H18O3/c1-14(15-6-3-2-4-7-15)16-8-5-9-17(12-16)18-10-11-20(22)19(13-18)21(23)24/h2-14,22H,1H3,(H,23,24). The molecule has 24 heavy (non-hydrogen) atoms. The predicted molar refractivity (Wildman–Crippen MR) is 94.5 cm³/mol. The number of rotatable bonds is 4. The zero-order chi connectivity index (χ0) is 17.1. The second kappa shape index (κ2) is 6.59. The van der Waals surface area contributed by atoms with Gasteiger partial charge in [0.05, 0.1) is 0 Å². The molecule has 3 rings (SSSR count). The molecule has 0 radical (unpaired) electrons. The molecule has 0 amide bonds. The van der Waals surface area contributed by atoms with Crippen LogP contribution in [-0.4, -0.2) is 16.2 Å². The Labute approximate surface area is 140 Å². The van der Waals surface area contributed by atoms with E-state index in [1.54, 1.807) is 6.07 Å². The van der Waals surface area contributed by atoms with E-state index in [0.717, 1.165) is 16.7 Å². The van der Waals surface area contributed by atoms with Crippen molar-refractivity contribution in [2.45, 2.75) is 12.8 Å². The maximum atomic E-state index is 11.2. The summed E-state index contributed by atoms with van der Waals surface area (Å²) < 4.78 is 0. The Bertz CT molecular complexity index is 869. The Balaban J connectivity index is 1.99. The monoisotopic (exact) mass is 318 g/mol. The summed E-state index contributed by atoms with van der Waals surface area (Å²) in [5.41, 5.74) is 3.99. The van der Waals surface area contributed by atoms with Gasteiger partial charge in [0.25, 0.3) is 0 Å². The fourth-order valence-electron chi connectivity index (χ4n) is 2.81. The highest BCUT2D eigenvalue weighted by Gasteiger charge is 2.13. The molecule has 0 aromatic heterocycles. The summed E-state index contributed by atoms with van der Waals surface area (Å²) in [7, 11) is 0. The fraction of sp³-hybridized carbons (Fsp3) is 0.0952. The van der Waals surface area contributed by atoms with Crippen LogP contribution in [0.25, 0.3) is 11.1 Å². The summed E-state index contributed by atoms with van der Waals surface area (Å²) in [6, 6.07) is 22.9. The molecule has 0 aliphatic rings.